The van der Waals surface area contributed by atoms with E-state index >= 15 is 0 Å². The Morgan fingerprint density at radius 1 is 1.57 bits per heavy atom. The Morgan fingerprint density at radius 3 is 2.81 bits per heavy atom. The average Bonchev–Trinajstić information content (AvgIpc) is 2.95. The van der Waals surface area contributed by atoms with Gasteiger partial charge in [0.1, 0.15) is 5.01 Å². The third kappa shape index (κ3) is 5.30. The van der Waals surface area contributed by atoms with E-state index in [1.54, 1.807) is 5.38 Å². The Bertz CT molecular complexity index is 511. The van der Waals surface area contributed by atoms with Gasteiger partial charge in [0.15, 0.2) is 5.69 Å². The standard InChI is InChI=1S/C15H23N3O2S/c1-5-7-8-12(11(3)16-10-18(4)6-2)14-17-13(9-21-14)15(19)20/h7-12H,5-6H2,1-4H3,(H,19,20)/b8-7+,16-10?/t11-,12?/m1/s1. The lowest BCUT2D eigenvalue weighted by molar-refractivity contribution is 0.0691. The van der Waals surface area contributed by atoms with Gasteiger partial charge in [0.2, 0.25) is 0 Å². The molecule has 1 aromatic rings. The molecular formula is C15H23N3O2S. The SMILES string of the molecule is CC/C=C/C(c1nc(C(=O)O)cs1)[C@@H](C)N=CN(C)CC. The van der Waals surface area contributed by atoms with Crippen molar-refractivity contribution in [3.05, 3.63) is 28.2 Å². The van der Waals surface area contributed by atoms with Gasteiger partial charge in [-0.2, -0.15) is 0 Å². The van der Waals surface area contributed by atoms with Gasteiger partial charge in [0.25, 0.3) is 0 Å². The predicted octanol–water partition coefficient (Wildman–Crippen LogP) is 3.26. The third-order valence-corrected chi connectivity index (χ3v) is 4.07. The van der Waals surface area contributed by atoms with Crippen LogP contribution in [0.4, 0.5) is 0 Å². The van der Waals surface area contributed by atoms with Crippen LogP contribution in [0.25, 0.3) is 0 Å². The number of aliphatic imine (C=N–C) groups is 1. The highest BCUT2D eigenvalue weighted by molar-refractivity contribution is 7.10. The van der Waals surface area contributed by atoms with Crippen molar-refractivity contribution in [3.8, 4) is 0 Å². The fourth-order valence-electron chi connectivity index (χ4n) is 1.66. The van der Waals surface area contributed by atoms with Crippen LogP contribution in [0.5, 0.6) is 0 Å². The zero-order valence-corrected chi connectivity index (χ0v) is 13.8. The van der Waals surface area contributed by atoms with Gasteiger partial charge in [0.05, 0.1) is 18.3 Å². The van der Waals surface area contributed by atoms with Gasteiger partial charge in [0, 0.05) is 19.0 Å². The minimum atomic E-state index is -0.988. The number of hydrogen-bond acceptors (Lipinski definition) is 4. The van der Waals surface area contributed by atoms with Crippen molar-refractivity contribution in [2.45, 2.75) is 39.2 Å². The molecule has 5 nitrogen and oxygen atoms in total. The molecule has 0 aromatic carbocycles. The largest absolute Gasteiger partial charge is 0.476 e. The maximum Gasteiger partial charge on any atom is 0.355 e. The normalized spacial score (nSPS) is 14.7. The summed E-state index contributed by atoms with van der Waals surface area (Å²) >= 11 is 1.37. The van der Waals surface area contributed by atoms with Gasteiger partial charge in [-0.15, -0.1) is 11.3 Å². The highest BCUT2D eigenvalue weighted by atomic mass is 32.1. The lowest BCUT2D eigenvalue weighted by Gasteiger charge is -2.17. The van der Waals surface area contributed by atoms with Gasteiger partial charge in [-0.1, -0.05) is 19.1 Å². The van der Waals surface area contributed by atoms with E-state index in [1.807, 2.05) is 25.2 Å². The van der Waals surface area contributed by atoms with E-state index in [0.717, 1.165) is 18.0 Å². The number of rotatable bonds is 8. The summed E-state index contributed by atoms with van der Waals surface area (Å²) in [5.41, 5.74) is 0.103. The molecule has 1 heterocycles. The molecule has 0 saturated carbocycles. The number of hydrogen-bond donors (Lipinski definition) is 1. The van der Waals surface area contributed by atoms with Crippen molar-refractivity contribution in [1.82, 2.24) is 9.88 Å². The first-order valence-corrected chi connectivity index (χ1v) is 7.96. The first kappa shape index (κ1) is 17.4. The summed E-state index contributed by atoms with van der Waals surface area (Å²) in [5.74, 6) is -0.984. The summed E-state index contributed by atoms with van der Waals surface area (Å²) in [5, 5.41) is 11.4. The molecule has 1 unspecified atom stereocenters. The number of aromatic carboxylic acids is 1. The van der Waals surface area contributed by atoms with E-state index in [-0.39, 0.29) is 17.7 Å². The van der Waals surface area contributed by atoms with Gasteiger partial charge >= 0.3 is 5.97 Å². The van der Waals surface area contributed by atoms with Crippen LogP contribution in [0.1, 0.15) is 48.6 Å². The lowest BCUT2D eigenvalue weighted by atomic mass is 10.0. The molecule has 0 saturated heterocycles. The first-order chi connectivity index (χ1) is 9.99. The Morgan fingerprint density at radius 2 is 2.29 bits per heavy atom. The summed E-state index contributed by atoms with van der Waals surface area (Å²) in [6, 6.07) is 0.00888. The molecule has 0 fully saturated rings. The van der Waals surface area contributed by atoms with E-state index in [1.165, 1.54) is 11.3 Å². The number of nitrogens with zero attached hydrogens (tertiary/aromatic N) is 3. The number of carboxylic acids is 1. The molecule has 1 N–H and O–H groups in total. The summed E-state index contributed by atoms with van der Waals surface area (Å²) in [6.45, 7) is 7.04. The summed E-state index contributed by atoms with van der Waals surface area (Å²) in [6.07, 6.45) is 6.89. The molecule has 6 heteroatoms. The van der Waals surface area contributed by atoms with Crippen LogP contribution in [0.3, 0.4) is 0 Å². The highest BCUT2D eigenvalue weighted by Crippen LogP contribution is 2.27. The van der Waals surface area contributed by atoms with Crippen molar-refractivity contribution in [1.29, 1.82) is 0 Å². The molecule has 0 aliphatic heterocycles. The van der Waals surface area contributed by atoms with Crippen LogP contribution >= 0.6 is 11.3 Å². The molecule has 1 aromatic heterocycles. The Balaban J connectivity index is 2.95. The third-order valence-electron chi connectivity index (χ3n) is 3.12. The van der Waals surface area contributed by atoms with Crippen LogP contribution < -0.4 is 0 Å². The number of carbonyl (C=O) groups is 1. The first-order valence-electron chi connectivity index (χ1n) is 7.08. The van der Waals surface area contributed by atoms with Gasteiger partial charge in [-0.05, 0) is 20.3 Å². The quantitative estimate of drug-likeness (QED) is 0.455. The molecule has 0 bridgehead atoms. The van der Waals surface area contributed by atoms with Crippen molar-refractivity contribution >= 4 is 23.6 Å². The van der Waals surface area contributed by atoms with Crippen LogP contribution in [-0.4, -0.2) is 46.9 Å². The number of carboxylic acid groups (broad SMARTS) is 1. The topological polar surface area (TPSA) is 65.8 Å². The van der Waals surface area contributed by atoms with Crippen LogP contribution in [0.2, 0.25) is 0 Å². The molecule has 116 valence electrons. The zero-order chi connectivity index (χ0) is 15.8. The number of allylic oxidation sites excluding steroid dienone is 1. The van der Waals surface area contributed by atoms with Gasteiger partial charge in [-0.3, -0.25) is 4.99 Å². The van der Waals surface area contributed by atoms with Crippen LogP contribution in [-0.2, 0) is 0 Å². The summed E-state index contributed by atoms with van der Waals surface area (Å²) in [4.78, 5) is 21.7. The lowest BCUT2D eigenvalue weighted by Crippen LogP contribution is -2.18. The highest BCUT2D eigenvalue weighted by Gasteiger charge is 2.20. The van der Waals surface area contributed by atoms with E-state index in [4.69, 9.17) is 5.11 Å². The minimum absolute atomic E-state index is 0.00422. The maximum absolute atomic E-state index is 11.0. The second kappa shape index (κ2) is 8.56. The van der Waals surface area contributed by atoms with Crippen molar-refractivity contribution < 1.29 is 9.90 Å². The van der Waals surface area contributed by atoms with Crippen LogP contribution in [0.15, 0.2) is 22.5 Å². The molecule has 0 amide bonds. The van der Waals surface area contributed by atoms with E-state index in [0.29, 0.717) is 0 Å². The molecule has 21 heavy (non-hydrogen) atoms. The Hall–Kier alpha value is -1.69. The molecular weight excluding hydrogens is 286 g/mol. The fourth-order valence-corrected chi connectivity index (χ4v) is 2.63. The smallest absolute Gasteiger partial charge is 0.355 e. The zero-order valence-electron chi connectivity index (χ0n) is 13.0. The van der Waals surface area contributed by atoms with E-state index < -0.39 is 5.97 Å². The van der Waals surface area contributed by atoms with Crippen molar-refractivity contribution in [3.63, 3.8) is 0 Å². The fraction of sp³-hybridized carbons (Fsp3) is 0.533. The van der Waals surface area contributed by atoms with Crippen LogP contribution in [0, 0.1) is 0 Å². The van der Waals surface area contributed by atoms with Gasteiger partial charge in [-0.25, -0.2) is 9.78 Å². The predicted molar refractivity (Wildman–Crippen MR) is 87.5 cm³/mol. The monoisotopic (exact) mass is 309 g/mol. The van der Waals surface area contributed by atoms with E-state index in [9.17, 15) is 4.79 Å². The second-order valence-electron chi connectivity index (χ2n) is 4.82. The minimum Gasteiger partial charge on any atom is -0.476 e. The molecule has 0 aliphatic rings. The Kier molecular flexibility index (Phi) is 7.08. The number of aromatic nitrogens is 1. The molecule has 0 radical (unpaired) electrons. The number of thiazole rings is 1. The second-order valence-corrected chi connectivity index (χ2v) is 5.71. The van der Waals surface area contributed by atoms with E-state index in [2.05, 4.69) is 36.0 Å². The molecule has 0 spiro atoms. The summed E-state index contributed by atoms with van der Waals surface area (Å²) < 4.78 is 0. The van der Waals surface area contributed by atoms with Gasteiger partial charge < -0.3 is 10.0 Å². The molecule has 1 rings (SSSR count). The van der Waals surface area contributed by atoms with Crippen molar-refractivity contribution in [2.24, 2.45) is 4.99 Å². The summed E-state index contributed by atoms with van der Waals surface area (Å²) in [7, 11) is 1.97. The Labute approximate surface area is 130 Å². The molecule has 2 atom stereocenters. The average molecular weight is 309 g/mol. The molecule has 0 aliphatic carbocycles. The van der Waals surface area contributed by atoms with Crippen molar-refractivity contribution in [2.75, 3.05) is 13.6 Å². The maximum atomic E-state index is 11.0.